The molecule has 0 saturated heterocycles. The first-order valence-electron chi connectivity index (χ1n) is 11.3. The van der Waals surface area contributed by atoms with Crippen molar-refractivity contribution < 1.29 is 9.47 Å². The summed E-state index contributed by atoms with van der Waals surface area (Å²) in [5.41, 5.74) is 2.16. The molecule has 160 valence electrons. The molecule has 0 radical (unpaired) electrons. The first-order valence-corrected chi connectivity index (χ1v) is 12.0. The molecular weight excluding hydrogens is 370 g/mol. The van der Waals surface area contributed by atoms with Gasteiger partial charge in [0.25, 0.3) is 5.88 Å². The van der Waals surface area contributed by atoms with Crippen LogP contribution in [0.15, 0.2) is 6.08 Å². The van der Waals surface area contributed by atoms with Crippen LogP contribution in [0.25, 0.3) is 5.57 Å². The molecule has 0 N–H and O–H groups in total. The van der Waals surface area contributed by atoms with Crippen molar-refractivity contribution in [1.29, 1.82) is 0 Å². The maximum absolute atomic E-state index is 6.21. The van der Waals surface area contributed by atoms with Crippen molar-refractivity contribution in [3.63, 3.8) is 0 Å². The minimum Gasteiger partial charge on any atom is -0.475 e. The van der Waals surface area contributed by atoms with E-state index >= 15 is 0 Å². The highest BCUT2D eigenvalue weighted by Crippen LogP contribution is 2.27. The third-order valence-corrected chi connectivity index (χ3v) is 5.82. The van der Waals surface area contributed by atoms with Crippen molar-refractivity contribution in [3.05, 3.63) is 11.8 Å². The van der Waals surface area contributed by atoms with Gasteiger partial charge in [0, 0.05) is 13.1 Å². The highest BCUT2D eigenvalue weighted by atomic mass is 32.1. The van der Waals surface area contributed by atoms with Gasteiger partial charge in [-0.25, -0.2) is 0 Å². The second kappa shape index (κ2) is 14.1. The first-order chi connectivity index (χ1) is 13.8. The van der Waals surface area contributed by atoms with Gasteiger partial charge in [-0.1, -0.05) is 65.4 Å². The van der Waals surface area contributed by atoms with Crippen LogP contribution in [0.2, 0.25) is 0 Å². The third-order valence-electron chi connectivity index (χ3n) is 5.31. The molecule has 1 aromatic heterocycles. The lowest BCUT2D eigenvalue weighted by atomic mass is 10.1. The van der Waals surface area contributed by atoms with E-state index in [1.807, 2.05) is 0 Å². The Balaban J connectivity index is 1.79. The molecule has 1 aromatic rings. The van der Waals surface area contributed by atoms with Crippen molar-refractivity contribution in [2.45, 2.75) is 91.1 Å². The van der Waals surface area contributed by atoms with Gasteiger partial charge in [0.15, 0.2) is 0 Å². The first kappa shape index (κ1) is 23.3. The zero-order valence-electron chi connectivity index (χ0n) is 18.1. The molecule has 1 aliphatic rings. The summed E-state index contributed by atoms with van der Waals surface area (Å²) in [5, 5.41) is 0. The number of ether oxygens (including phenoxy) is 2. The lowest BCUT2D eigenvalue weighted by Gasteiger charge is -2.28. The number of hydrogen-bond donors (Lipinski definition) is 0. The van der Waals surface area contributed by atoms with Crippen LogP contribution in [0.1, 0.15) is 90.7 Å². The molecule has 1 atom stereocenters. The van der Waals surface area contributed by atoms with Gasteiger partial charge < -0.3 is 9.47 Å². The summed E-state index contributed by atoms with van der Waals surface area (Å²) in [7, 11) is 0. The van der Waals surface area contributed by atoms with Crippen LogP contribution in [0.4, 0.5) is 0 Å². The van der Waals surface area contributed by atoms with E-state index in [-0.39, 0.29) is 0 Å². The summed E-state index contributed by atoms with van der Waals surface area (Å²) in [4.78, 5) is 2.38. The van der Waals surface area contributed by atoms with Gasteiger partial charge in [0.2, 0.25) is 0 Å². The smallest absolute Gasteiger partial charge is 0.253 e. The van der Waals surface area contributed by atoms with Gasteiger partial charge in [-0.3, -0.25) is 4.90 Å². The molecular formula is C22H39N3O2S. The van der Waals surface area contributed by atoms with Gasteiger partial charge in [-0.2, -0.15) is 4.37 Å². The fourth-order valence-corrected chi connectivity index (χ4v) is 4.03. The zero-order chi connectivity index (χ0) is 20.0. The SMILES string of the molecule is CCCCCCOc1nsnc1C1=CCCN(COC(CC)CCCCC)C1. The van der Waals surface area contributed by atoms with Crippen molar-refractivity contribution in [1.82, 2.24) is 13.6 Å². The summed E-state index contributed by atoms with van der Waals surface area (Å²) in [6.07, 6.45) is 14.6. The normalized spacial score (nSPS) is 16.2. The summed E-state index contributed by atoms with van der Waals surface area (Å²) in [5.74, 6) is 0.710. The Kier molecular flexibility index (Phi) is 11.7. The van der Waals surface area contributed by atoms with Crippen molar-refractivity contribution in [2.24, 2.45) is 0 Å². The van der Waals surface area contributed by atoms with E-state index in [0.29, 0.717) is 18.7 Å². The Morgan fingerprint density at radius 2 is 1.89 bits per heavy atom. The van der Waals surface area contributed by atoms with E-state index in [4.69, 9.17) is 9.47 Å². The number of nitrogens with zero attached hydrogens (tertiary/aromatic N) is 3. The second-order valence-electron chi connectivity index (χ2n) is 7.72. The Bertz CT molecular complexity index is 562. The number of unbranched alkanes of at least 4 members (excludes halogenated alkanes) is 5. The summed E-state index contributed by atoms with van der Waals surface area (Å²) in [6, 6.07) is 0. The molecule has 1 unspecified atom stereocenters. The molecule has 6 heteroatoms. The molecule has 0 aromatic carbocycles. The fraction of sp³-hybridized carbons (Fsp3) is 0.818. The van der Waals surface area contributed by atoms with Crippen LogP contribution in [0.3, 0.4) is 0 Å². The standard InChI is InChI=1S/C22H39N3O2S/c1-4-7-9-11-16-26-22-21(23-28-24-22)19-13-12-15-25(17-19)18-27-20(6-3)14-10-8-5-2/h13,20H,4-12,14-18H2,1-3H3. The lowest BCUT2D eigenvalue weighted by Crippen LogP contribution is -2.33. The molecule has 2 heterocycles. The van der Waals surface area contributed by atoms with E-state index in [0.717, 1.165) is 44.7 Å². The van der Waals surface area contributed by atoms with Gasteiger partial charge in [0.05, 0.1) is 31.2 Å². The van der Waals surface area contributed by atoms with E-state index in [1.54, 1.807) is 0 Å². The van der Waals surface area contributed by atoms with E-state index in [2.05, 4.69) is 40.5 Å². The topological polar surface area (TPSA) is 47.5 Å². The maximum atomic E-state index is 6.21. The molecule has 0 saturated carbocycles. The van der Waals surface area contributed by atoms with Crippen LogP contribution in [0.5, 0.6) is 5.88 Å². The Morgan fingerprint density at radius 1 is 1.07 bits per heavy atom. The lowest BCUT2D eigenvalue weighted by molar-refractivity contribution is -0.0241. The Labute approximate surface area is 175 Å². The molecule has 2 rings (SSSR count). The van der Waals surface area contributed by atoms with Gasteiger partial charge in [0.1, 0.15) is 5.69 Å². The minimum absolute atomic E-state index is 0.379. The van der Waals surface area contributed by atoms with Crippen molar-refractivity contribution in [3.8, 4) is 5.88 Å². The van der Waals surface area contributed by atoms with Crippen molar-refractivity contribution in [2.75, 3.05) is 26.4 Å². The third kappa shape index (κ3) is 8.18. The van der Waals surface area contributed by atoms with Crippen LogP contribution < -0.4 is 4.74 Å². The predicted molar refractivity (Wildman–Crippen MR) is 118 cm³/mol. The van der Waals surface area contributed by atoms with Crippen LogP contribution in [-0.2, 0) is 4.74 Å². The summed E-state index contributed by atoms with van der Waals surface area (Å²) in [6.45, 7) is 10.0. The summed E-state index contributed by atoms with van der Waals surface area (Å²) < 4.78 is 21.0. The molecule has 0 amide bonds. The van der Waals surface area contributed by atoms with E-state index in [9.17, 15) is 0 Å². The van der Waals surface area contributed by atoms with Crippen molar-refractivity contribution >= 4 is 17.3 Å². The second-order valence-corrected chi connectivity index (χ2v) is 8.25. The molecule has 0 aliphatic carbocycles. The molecule has 1 aliphatic heterocycles. The maximum Gasteiger partial charge on any atom is 0.253 e. The fourth-order valence-electron chi connectivity index (χ4n) is 3.49. The van der Waals surface area contributed by atoms with E-state index in [1.165, 1.54) is 62.2 Å². The molecule has 0 spiro atoms. The zero-order valence-corrected chi connectivity index (χ0v) is 18.9. The highest BCUT2D eigenvalue weighted by Gasteiger charge is 2.21. The van der Waals surface area contributed by atoms with Crippen LogP contribution >= 0.6 is 11.7 Å². The Morgan fingerprint density at radius 3 is 2.68 bits per heavy atom. The molecule has 0 fully saturated rings. The average Bonchev–Trinajstić information content (AvgIpc) is 3.19. The highest BCUT2D eigenvalue weighted by molar-refractivity contribution is 6.99. The molecule has 0 bridgehead atoms. The monoisotopic (exact) mass is 409 g/mol. The summed E-state index contributed by atoms with van der Waals surface area (Å²) >= 11 is 1.25. The number of hydrogen-bond acceptors (Lipinski definition) is 6. The van der Waals surface area contributed by atoms with Gasteiger partial charge in [-0.05, 0) is 31.3 Å². The molecule has 5 nitrogen and oxygen atoms in total. The minimum atomic E-state index is 0.379. The average molecular weight is 410 g/mol. The van der Waals surface area contributed by atoms with E-state index < -0.39 is 0 Å². The van der Waals surface area contributed by atoms with Crippen LogP contribution in [0, 0.1) is 0 Å². The van der Waals surface area contributed by atoms with Gasteiger partial charge in [-0.15, -0.1) is 4.37 Å². The van der Waals surface area contributed by atoms with Gasteiger partial charge >= 0.3 is 0 Å². The Hall–Kier alpha value is -0.980. The molecule has 28 heavy (non-hydrogen) atoms. The predicted octanol–water partition coefficient (Wildman–Crippen LogP) is 5.92. The number of rotatable bonds is 15. The largest absolute Gasteiger partial charge is 0.475 e. The number of aromatic nitrogens is 2. The van der Waals surface area contributed by atoms with Crippen LogP contribution in [-0.4, -0.2) is 46.2 Å². The quantitative estimate of drug-likeness (QED) is 0.337.